The number of amides is 1. The van der Waals surface area contributed by atoms with Crippen LogP contribution in [0.4, 0.5) is 10.5 Å². The van der Waals surface area contributed by atoms with E-state index < -0.39 is 9.53 Å². The maximum atomic E-state index is 11.8. The summed E-state index contributed by atoms with van der Waals surface area (Å²) >= 11 is 5.44. The van der Waals surface area contributed by atoms with Gasteiger partial charge in [0.1, 0.15) is 0 Å². The van der Waals surface area contributed by atoms with Crippen molar-refractivity contribution >= 4 is 44.8 Å². The van der Waals surface area contributed by atoms with Crippen LogP contribution in [0.15, 0.2) is 29.2 Å². The fourth-order valence-corrected chi connectivity index (χ4v) is 2.85. The predicted molar refractivity (Wildman–Crippen MR) is 85.7 cm³/mol. The quantitative estimate of drug-likeness (QED) is 0.725. The molecule has 5 nitrogen and oxygen atoms in total. The SMILES string of the molecule is CSCCN(C(=O)S)c1ccc(S(C)(N)(=O)O)cc1. The monoisotopic (exact) mass is 322 g/mol. The Labute approximate surface area is 122 Å². The smallest absolute Gasteiger partial charge is 0.283 e. The van der Waals surface area contributed by atoms with Crippen molar-refractivity contribution in [3.63, 3.8) is 0 Å². The Bertz CT molecular complexity index is 513. The van der Waals surface area contributed by atoms with E-state index in [2.05, 4.69) is 12.6 Å². The fourth-order valence-electron chi connectivity index (χ4n) is 1.47. The second-order valence-corrected chi connectivity index (χ2v) is 8.83. The van der Waals surface area contributed by atoms with E-state index in [1.165, 1.54) is 17.0 Å². The summed E-state index contributed by atoms with van der Waals surface area (Å²) < 4.78 is 21.5. The van der Waals surface area contributed by atoms with Gasteiger partial charge in [0.15, 0.2) is 0 Å². The predicted octanol–water partition coefficient (Wildman–Crippen LogP) is 2.06. The number of nitrogens with zero attached hydrogens (tertiary/aromatic N) is 1. The number of carbonyl (C=O) groups excluding carboxylic acids is 1. The lowest BCUT2D eigenvalue weighted by Gasteiger charge is -2.34. The maximum absolute atomic E-state index is 11.8. The highest BCUT2D eigenvalue weighted by Crippen LogP contribution is 2.25. The summed E-state index contributed by atoms with van der Waals surface area (Å²) in [6, 6.07) is 6.08. The minimum Gasteiger partial charge on any atom is -0.303 e. The molecule has 0 aliphatic rings. The summed E-state index contributed by atoms with van der Waals surface area (Å²) in [5, 5.41) is 5.01. The van der Waals surface area contributed by atoms with Crippen molar-refractivity contribution in [2.75, 3.05) is 29.7 Å². The number of anilines is 1. The highest BCUT2D eigenvalue weighted by molar-refractivity contribution is 8.12. The van der Waals surface area contributed by atoms with Crippen molar-refractivity contribution in [3.05, 3.63) is 24.3 Å². The molecular weight excluding hydrogens is 304 g/mol. The van der Waals surface area contributed by atoms with E-state index in [4.69, 9.17) is 5.14 Å². The van der Waals surface area contributed by atoms with Gasteiger partial charge < -0.3 is 4.90 Å². The van der Waals surface area contributed by atoms with Crippen LogP contribution in [-0.4, -0.2) is 38.8 Å². The summed E-state index contributed by atoms with van der Waals surface area (Å²) in [6.07, 6.45) is 3.03. The van der Waals surface area contributed by atoms with E-state index in [0.29, 0.717) is 12.2 Å². The number of thiol groups is 1. The number of nitrogens with two attached hydrogens (primary N) is 1. The molecule has 3 N–H and O–H groups in total. The van der Waals surface area contributed by atoms with Crippen molar-refractivity contribution in [2.24, 2.45) is 5.14 Å². The van der Waals surface area contributed by atoms with Crippen LogP contribution in [0.1, 0.15) is 0 Å². The van der Waals surface area contributed by atoms with Crippen molar-refractivity contribution in [3.8, 4) is 0 Å². The minimum absolute atomic E-state index is 0.136. The summed E-state index contributed by atoms with van der Waals surface area (Å²) in [6.45, 7) is 0.524. The molecule has 0 saturated carbocycles. The lowest BCUT2D eigenvalue weighted by atomic mass is 10.3. The first-order valence-electron chi connectivity index (χ1n) is 5.41. The van der Waals surface area contributed by atoms with E-state index in [9.17, 15) is 13.6 Å². The van der Waals surface area contributed by atoms with Crippen LogP contribution in [0.5, 0.6) is 0 Å². The molecule has 0 unspecified atom stereocenters. The van der Waals surface area contributed by atoms with Crippen molar-refractivity contribution in [1.29, 1.82) is 0 Å². The molecule has 0 radical (unpaired) electrons. The third-order valence-corrected chi connectivity index (χ3v) is 4.72. The van der Waals surface area contributed by atoms with Gasteiger partial charge in [-0.3, -0.25) is 9.35 Å². The van der Waals surface area contributed by atoms with Gasteiger partial charge in [-0.15, -0.1) is 9.53 Å². The van der Waals surface area contributed by atoms with Crippen LogP contribution in [0.25, 0.3) is 0 Å². The Hall–Kier alpha value is -0.540. The van der Waals surface area contributed by atoms with Gasteiger partial charge in [0.25, 0.3) is 5.24 Å². The zero-order valence-electron chi connectivity index (χ0n) is 10.8. The molecule has 0 aromatic heterocycles. The zero-order valence-corrected chi connectivity index (χ0v) is 13.3. The number of rotatable bonds is 5. The third-order valence-electron chi connectivity index (χ3n) is 2.47. The standard InChI is InChI=1S/C11H18N2O3S3/c1-18-8-7-13(11(14)17)9-3-5-10(6-4-9)19(2,12,15)16/h3-6H,7-8H2,1-2H3,(H,14,17)(H3,12,15,16). The molecule has 0 heterocycles. The summed E-state index contributed by atoms with van der Waals surface area (Å²) in [4.78, 5) is 13.1. The second kappa shape index (κ2) is 5.84. The molecule has 0 saturated heterocycles. The van der Waals surface area contributed by atoms with Crippen LogP contribution in [0.2, 0.25) is 0 Å². The molecular formula is C11H18N2O3S3. The molecule has 8 heteroatoms. The molecule has 1 aromatic rings. The van der Waals surface area contributed by atoms with Gasteiger partial charge in [-0.1, -0.05) is 12.6 Å². The van der Waals surface area contributed by atoms with Gasteiger partial charge in [-0.05, 0) is 30.5 Å². The molecule has 0 aliphatic heterocycles. The minimum atomic E-state index is -4.24. The van der Waals surface area contributed by atoms with Gasteiger partial charge in [-0.25, -0.2) is 5.14 Å². The molecule has 0 aliphatic carbocycles. The summed E-state index contributed by atoms with van der Waals surface area (Å²) in [5.41, 5.74) is 0.620. The lowest BCUT2D eigenvalue weighted by molar-refractivity contribution is 0.265. The summed E-state index contributed by atoms with van der Waals surface area (Å²) in [7, 11) is -4.24. The Kier molecular flexibility index (Phi) is 5.08. The highest BCUT2D eigenvalue weighted by atomic mass is 32.3. The molecule has 0 fully saturated rings. The van der Waals surface area contributed by atoms with Gasteiger partial charge in [0.05, 0.1) is 4.90 Å². The average molecular weight is 322 g/mol. The zero-order chi connectivity index (χ0) is 14.7. The first kappa shape index (κ1) is 16.5. The van der Waals surface area contributed by atoms with E-state index >= 15 is 0 Å². The third kappa shape index (κ3) is 4.81. The topological polar surface area (TPSA) is 83.6 Å². The summed E-state index contributed by atoms with van der Waals surface area (Å²) in [5.74, 6) is 0.776. The normalized spacial score (nSPS) is 13.6. The molecule has 1 rings (SSSR count). The fraction of sp³-hybridized carbons (Fsp3) is 0.364. The second-order valence-electron chi connectivity index (χ2n) is 4.28. The van der Waals surface area contributed by atoms with Crippen molar-refractivity contribution < 1.29 is 13.6 Å². The number of carbonyl (C=O) groups is 1. The molecule has 0 spiro atoms. The molecule has 1 amide bonds. The largest absolute Gasteiger partial charge is 0.303 e. The van der Waals surface area contributed by atoms with Crippen LogP contribution in [0, 0.1) is 0 Å². The first-order valence-corrected chi connectivity index (χ1v) is 9.64. The molecule has 0 bridgehead atoms. The number of hydrogen-bond donors (Lipinski definition) is 3. The first-order chi connectivity index (χ1) is 8.62. The van der Waals surface area contributed by atoms with Gasteiger partial charge in [0, 0.05) is 24.2 Å². The highest BCUT2D eigenvalue weighted by Gasteiger charge is 2.19. The molecule has 108 valence electrons. The number of benzene rings is 1. The van der Waals surface area contributed by atoms with E-state index in [-0.39, 0.29) is 10.1 Å². The average Bonchev–Trinajstić information content (AvgIpc) is 2.27. The lowest BCUT2D eigenvalue weighted by Crippen LogP contribution is -2.40. The van der Waals surface area contributed by atoms with Crippen molar-refractivity contribution in [2.45, 2.75) is 4.90 Å². The van der Waals surface area contributed by atoms with Gasteiger partial charge in [-0.2, -0.15) is 16.0 Å². The molecule has 1 aromatic carbocycles. The van der Waals surface area contributed by atoms with Crippen LogP contribution in [0.3, 0.4) is 0 Å². The maximum Gasteiger partial charge on any atom is 0.283 e. The number of hydrogen-bond acceptors (Lipinski definition) is 3. The van der Waals surface area contributed by atoms with E-state index in [1.807, 2.05) is 6.26 Å². The molecule has 0 atom stereocenters. The van der Waals surface area contributed by atoms with Gasteiger partial charge in [0.2, 0.25) is 0 Å². The van der Waals surface area contributed by atoms with E-state index in [1.54, 1.807) is 23.9 Å². The Morgan fingerprint density at radius 2 is 2.00 bits per heavy atom. The van der Waals surface area contributed by atoms with Crippen LogP contribution >= 0.6 is 24.4 Å². The Balaban J connectivity index is 3.03. The Morgan fingerprint density at radius 3 is 2.37 bits per heavy atom. The van der Waals surface area contributed by atoms with Crippen LogP contribution in [-0.2, 0) is 9.53 Å². The van der Waals surface area contributed by atoms with Crippen LogP contribution < -0.4 is 10.0 Å². The van der Waals surface area contributed by atoms with Crippen molar-refractivity contribution in [1.82, 2.24) is 0 Å². The number of thioether (sulfide) groups is 1. The van der Waals surface area contributed by atoms with Gasteiger partial charge >= 0.3 is 0 Å². The van der Waals surface area contributed by atoms with E-state index in [0.717, 1.165) is 12.0 Å². The molecule has 19 heavy (non-hydrogen) atoms. The Morgan fingerprint density at radius 1 is 1.47 bits per heavy atom.